The van der Waals surface area contributed by atoms with E-state index in [2.05, 4.69) is 16.0 Å². The minimum absolute atomic E-state index is 0. The zero-order valence-corrected chi connectivity index (χ0v) is 7.46. The van der Waals surface area contributed by atoms with Gasteiger partial charge in [-0.15, -0.1) is 0 Å². The second-order valence-electron chi connectivity index (χ2n) is 1.22. The van der Waals surface area contributed by atoms with E-state index in [0.29, 0.717) is 19.2 Å². The molecule has 0 aromatic carbocycles. The van der Waals surface area contributed by atoms with Crippen molar-refractivity contribution in [2.24, 2.45) is 0 Å². The Morgan fingerprint density at radius 1 is 0.692 bits per heavy atom. The summed E-state index contributed by atoms with van der Waals surface area (Å²) < 4.78 is 0. The van der Waals surface area contributed by atoms with Gasteiger partial charge < -0.3 is 16.0 Å². The quantitative estimate of drug-likeness (QED) is 0.488. The summed E-state index contributed by atoms with van der Waals surface area (Å²) in [6.45, 7) is 0. The van der Waals surface area contributed by atoms with Crippen LogP contribution in [0.15, 0.2) is 0 Å². The van der Waals surface area contributed by atoms with Crippen molar-refractivity contribution in [1.82, 2.24) is 16.0 Å². The normalized spacial score (nSPS) is 4.85. The van der Waals surface area contributed by atoms with Crippen LogP contribution < -0.4 is 16.0 Å². The molecule has 0 unspecified atom stereocenters. The van der Waals surface area contributed by atoms with Gasteiger partial charge >= 0.3 is 0 Å². The lowest BCUT2D eigenvalue weighted by molar-refractivity contribution is -0.109. The van der Waals surface area contributed by atoms with Gasteiger partial charge in [-0.1, -0.05) is 7.43 Å². The van der Waals surface area contributed by atoms with Crippen LogP contribution >= 0.6 is 0 Å². The van der Waals surface area contributed by atoms with Gasteiger partial charge in [0, 0.05) is 21.1 Å². The molecule has 0 aliphatic rings. The largest absolute Gasteiger partial charge is 0.362 e. The van der Waals surface area contributed by atoms with E-state index in [9.17, 15) is 0 Å². The number of hydrogen-bond acceptors (Lipinski definition) is 3. The molecule has 0 bridgehead atoms. The van der Waals surface area contributed by atoms with Gasteiger partial charge in [0.25, 0.3) is 0 Å². The first-order chi connectivity index (χ1) is 5.74. The number of rotatable bonds is 3. The zero-order chi connectivity index (χ0) is 10.2. The van der Waals surface area contributed by atoms with E-state index in [1.807, 2.05) is 0 Å². The van der Waals surface area contributed by atoms with E-state index < -0.39 is 0 Å². The third kappa shape index (κ3) is 370. The minimum Gasteiger partial charge on any atom is -0.362 e. The summed E-state index contributed by atoms with van der Waals surface area (Å²) in [5, 5.41) is 6.75. The molecular weight excluding hydrogens is 174 g/mol. The van der Waals surface area contributed by atoms with Crippen molar-refractivity contribution in [3.05, 3.63) is 0 Å². The van der Waals surface area contributed by atoms with Gasteiger partial charge in [0.05, 0.1) is 0 Å². The Bertz CT molecular complexity index is 80.0. The van der Waals surface area contributed by atoms with Crippen LogP contribution in [0.5, 0.6) is 0 Å². The maximum absolute atomic E-state index is 9.06. The second-order valence-corrected chi connectivity index (χ2v) is 1.22. The smallest absolute Gasteiger partial charge is 0.206 e. The minimum atomic E-state index is 0. The van der Waals surface area contributed by atoms with Crippen LogP contribution in [0.2, 0.25) is 0 Å². The predicted molar refractivity (Wildman–Crippen MR) is 52.1 cm³/mol. The van der Waals surface area contributed by atoms with Crippen molar-refractivity contribution in [3.8, 4) is 0 Å². The SMILES string of the molecule is C.CNC=O.CNC=O.CNC=O. The van der Waals surface area contributed by atoms with Gasteiger partial charge in [-0.3, -0.25) is 14.4 Å². The van der Waals surface area contributed by atoms with Crippen LogP contribution in [0, 0.1) is 0 Å². The molecule has 0 aliphatic carbocycles. The zero-order valence-electron chi connectivity index (χ0n) is 7.46. The van der Waals surface area contributed by atoms with Crippen molar-refractivity contribution < 1.29 is 14.4 Å². The fourth-order valence-electron chi connectivity index (χ4n) is 0. The first-order valence-electron chi connectivity index (χ1n) is 3.07. The lowest BCUT2D eigenvalue weighted by Gasteiger charge is -1.64. The molecule has 0 aromatic heterocycles. The standard InChI is InChI=1S/3C2H5NO.CH4/c3*1-3-2-4;/h3*2H,1H3,(H,3,4);1H4. The number of hydrogen-bond donors (Lipinski definition) is 3. The van der Waals surface area contributed by atoms with E-state index >= 15 is 0 Å². The van der Waals surface area contributed by atoms with Gasteiger partial charge in [-0.2, -0.15) is 0 Å². The molecule has 13 heavy (non-hydrogen) atoms. The summed E-state index contributed by atoms with van der Waals surface area (Å²) in [4.78, 5) is 27.2. The molecule has 0 spiro atoms. The maximum Gasteiger partial charge on any atom is 0.206 e. The number of nitrogens with one attached hydrogen (secondary N) is 3. The second kappa shape index (κ2) is 47.4. The highest BCUT2D eigenvalue weighted by Crippen LogP contribution is 1.10. The lowest BCUT2D eigenvalue weighted by Crippen LogP contribution is -1.98. The predicted octanol–water partition coefficient (Wildman–Crippen LogP) is -1.28. The summed E-state index contributed by atoms with van der Waals surface area (Å²) in [5.41, 5.74) is 0. The van der Waals surface area contributed by atoms with Crippen LogP contribution in [0.1, 0.15) is 7.43 Å². The molecule has 0 aromatic rings. The van der Waals surface area contributed by atoms with Gasteiger partial charge in [-0.05, 0) is 0 Å². The van der Waals surface area contributed by atoms with Crippen molar-refractivity contribution in [2.45, 2.75) is 7.43 Å². The number of amides is 3. The molecular formula is C7H19N3O3. The van der Waals surface area contributed by atoms with E-state index in [-0.39, 0.29) is 7.43 Å². The molecule has 0 heterocycles. The van der Waals surface area contributed by atoms with Crippen molar-refractivity contribution >= 4 is 19.2 Å². The molecule has 0 rings (SSSR count). The van der Waals surface area contributed by atoms with Crippen molar-refractivity contribution in [3.63, 3.8) is 0 Å². The topological polar surface area (TPSA) is 87.3 Å². The number of carbonyl (C=O) groups is 3. The van der Waals surface area contributed by atoms with Gasteiger partial charge in [0.2, 0.25) is 19.2 Å². The van der Waals surface area contributed by atoms with Crippen LogP contribution in [0.25, 0.3) is 0 Å². The van der Waals surface area contributed by atoms with Gasteiger partial charge in [0.15, 0.2) is 0 Å². The van der Waals surface area contributed by atoms with Crippen LogP contribution in [0.4, 0.5) is 0 Å². The molecule has 6 nitrogen and oxygen atoms in total. The Kier molecular flexibility index (Phi) is 82.1. The molecule has 3 amide bonds. The van der Waals surface area contributed by atoms with E-state index in [1.165, 1.54) is 0 Å². The molecule has 80 valence electrons. The third-order valence-corrected chi connectivity index (χ3v) is 0.354. The van der Waals surface area contributed by atoms with Crippen LogP contribution in [0.3, 0.4) is 0 Å². The average molecular weight is 193 g/mol. The summed E-state index contributed by atoms with van der Waals surface area (Å²) in [5.74, 6) is 0. The first kappa shape index (κ1) is 22.5. The Morgan fingerprint density at radius 3 is 0.769 bits per heavy atom. The summed E-state index contributed by atoms with van der Waals surface area (Å²) >= 11 is 0. The summed E-state index contributed by atoms with van der Waals surface area (Å²) in [6, 6.07) is 0. The first-order valence-corrected chi connectivity index (χ1v) is 3.07. The molecule has 0 aliphatic heterocycles. The Morgan fingerprint density at radius 2 is 0.769 bits per heavy atom. The lowest BCUT2D eigenvalue weighted by atomic mass is 11.2. The molecule has 0 radical (unpaired) electrons. The molecule has 0 fully saturated rings. The molecule has 0 saturated carbocycles. The van der Waals surface area contributed by atoms with E-state index in [4.69, 9.17) is 14.4 Å². The highest BCUT2D eigenvalue weighted by Gasteiger charge is 1.43. The fraction of sp³-hybridized carbons (Fsp3) is 0.571. The van der Waals surface area contributed by atoms with Crippen molar-refractivity contribution in [1.29, 1.82) is 0 Å². The summed E-state index contributed by atoms with van der Waals surface area (Å²) in [6.07, 6.45) is 1.88. The third-order valence-electron chi connectivity index (χ3n) is 0.354. The van der Waals surface area contributed by atoms with Crippen molar-refractivity contribution in [2.75, 3.05) is 21.1 Å². The highest BCUT2D eigenvalue weighted by atomic mass is 16.1. The molecule has 3 N–H and O–H groups in total. The fourth-order valence-corrected chi connectivity index (χ4v) is 0. The van der Waals surface area contributed by atoms with Crippen LogP contribution in [-0.4, -0.2) is 40.4 Å². The van der Waals surface area contributed by atoms with Gasteiger partial charge in [0.1, 0.15) is 0 Å². The van der Waals surface area contributed by atoms with E-state index in [1.54, 1.807) is 21.1 Å². The highest BCUT2D eigenvalue weighted by molar-refractivity contribution is 5.45. The van der Waals surface area contributed by atoms with Crippen LogP contribution in [-0.2, 0) is 14.4 Å². The monoisotopic (exact) mass is 193 g/mol. The molecule has 0 atom stereocenters. The van der Waals surface area contributed by atoms with Gasteiger partial charge in [-0.25, -0.2) is 0 Å². The average Bonchev–Trinajstić information content (AvgIpc) is 2.18. The Balaban J connectivity index is -0.0000000450. The molecule has 6 heteroatoms. The maximum atomic E-state index is 9.06. The van der Waals surface area contributed by atoms with E-state index in [0.717, 1.165) is 0 Å². The Labute approximate surface area is 79.1 Å². The summed E-state index contributed by atoms with van der Waals surface area (Å²) in [7, 11) is 4.69. The molecule has 0 saturated heterocycles. The number of carbonyl (C=O) groups excluding carboxylic acids is 3. The Hall–Kier alpha value is -1.59.